The Morgan fingerprint density at radius 2 is 2.08 bits per heavy atom. The molecule has 0 saturated carbocycles. The van der Waals surface area contributed by atoms with Gasteiger partial charge in [0, 0.05) is 30.0 Å². The van der Waals surface area contributed by atoms with Crippen LogP contribution in [-0.2, 0) is 9.53 Å². The molecule has 8 heteroatoms. The SMILES string of the molecule is COC(=O)CC(c1c(O)nc2ccccn2c1=O)c1ccnn1C(C)C. The molecule has 0 aliphatic rings. The third kappa shape index (κ3) is 3.05. The Hall–Kier alpha value is -3.16. The van der Waals surface area contributed by atoms with Gasteiger partial charge in [-0.15, -0.1) is 0 Å². The first-order valence-electron chi connectivity index (χ1n) is 8.24. The summed E-state index contributed by atoms with van der Waals surface area (Å²) >= 11 is 0. The van der Waals surface area contributed by atoms with Gasteiger partial charge in [-0.3, -0.25) is 18.7 Å². The van der Waals surface area contributed by atoms with Gasteiger partial charge in [0.2, 0.25) is 5.88 Å². The van der Waals surface area contributed by atoms with Gasteiger partial charge in [-0.1, -0.05) is 6.07 Å². The van der Waals surface area contributed by atoms with Crippen molar-refractivity contribution in [1.29, 1.82) is 0 Å². The topological polar surface area (TPSA) is 98.7 Å². The van der Waals surface area contributed by atoms with Crippen molar-refractivity contribution >= 4 is 11.6 Å². The third-order valence-corrected chi connectivity index (χ3v) is 4.24. The smallest absolute Gasteiger partial charge is 0.306 e. The lowest BCUT2D eigenvalue weighted by Gasteiger charge is -2.20. The summed E-state index contributed by atoms with van der Waals surface area (Å²) in [5, 5.41) is 14.7. The molecule has 0 amide bonds. The van der Waals surface area contributed by atoms with Crippen LogP contribution in [0.25, 0.3) is 5.65 Å². The van der Waals surface area contributed by atoms with Crippen molar-refractivity contribution in [3.63, 3.8) is 0 Å². The molecule has 0 aliphatic heterocycles. The molecule has 3 aromatic rings. The normalized spacial score (nSPS) is 12.5. The van der Waals surface area contributed by atoms with Crippen LogP contribution in [0.3, 0.4) is 0 Å². The van der Waals surface area contributed by atoms with Gasteiger partial charge in [0.1, 0.15) is 5.65 Å². The summed E-state index contributed by atoms with van der Waals surface area (Å²) < 4.78 is 7.85. The van der Waals surface area contributed by atoms with Crippen LogP contribution in [-0.4, -0.2) is 37.4 Å². The van der Waals surface area contributed by atoms with Crippen LogP contribution in [0.4, 0.5) is 0 Å². The first kappa shape index (κ1) is 17.7. The number of aromatic hydroxyl groups is 1. The lowest BCUT2D eigenvalue weighted by atomic mass is 9.93. The average Bonchev–Trinajstić information content (AvgIpc) is 3.10. The third-order valence-electron chi connectivity index (χ3n) is 4.24. The summed E-state index contributed by atoms with van der Waals surface area (Å²) in [7, 11) is 1.28. The van der Waals surface area contributed by atoms with Crippen LogP contribution in [0.5, 0.6) is 5.88 Å². The number of esters is 1. The molecular formula is C18H20N4O4. The Labute approximate surface area is 149 Å². The van der Waals surface area contributed by atoms with Gasteiger partial charge in [0.15, 0.2) is 0 Å². The molecule has 0 bridgehead atoms. The van der Waals surface area contributed by atoms with Crippen LogP contribution in [0, 0.1) is 0 Å². The van der Waals surface area contributed by atoms with Gasteiger partial charge in [0.05, 0.1) is 19.1 Å². The highest BCUT2D eigenvalue weighted by Gasteiger charge is 2.29. The van der Waals surface area contributed by atoms with E-state index >= 15 is 0 Å². The molecule has 136 valence electrons. The second-order valence-corrected chi connectivity index (χ2v) is 6.21. The zero-order valence-electron chi connectivity index (χ0n) is 14.8. The maximum Gasteiger partial charge on any atom is 0.306 e. The van der Waals surface area contributed by atoms with Crippen molar-refractivity contribution in [2.24, 2.45) is 0 Å². The highest BCUT2D eigenvalue weighted by molar-refractivity contribution is 5.71. The quantitative estimate of drug-likeness (QED) is 0.701. The van der Waals surface area contributed by atoms with E-state index < -0.39 is 23.3 Å². The predicted octanol–water partition coefficient (Wildman–Crippen LogP) is 1.87. The van der Waals surface area contributed by atoms with Crippen LogP contribution >= 0.6 is 0 Å². The number of carbonyl (C=O) groups is 1. The molecule has 0 radical (unpaired) electrons. The number of fused-ring (bicyclic) bond motifs is 1. The fourth-order valence-electron chi connectivity index (χ4n) is 3.03. The fourth-order valence-corrected chi connectivity index (χ4v) is 3.03. The predicted molar refractivity (Wildman–Crippen MR) is 94.2 cm³/mol. The Balaban J connectivity index is 2.25. The summed E-state index contributed by atoms with van der Waals surface area (Å²) in [6.07, 6.45) is 3.06. The lowest BCUT2D eigenvalue weighted by molar-refractivity contribution is -0.140. The van der Waals surface area contributed by atoms with Crippen molar-refractivity contribution in [2.75, 3.05) is 7.11 Å². The van der Waals surface area contributed by atoms with Crippen LogP contribution < -0.4 is 5.56 Å². The number of nitrogens with zero attached hydrogens (tertiary/aromatic N) is 4. The molecule has 0 aromatic carbocycles. The van der Waals surface area contributed by atoms with Gasteiger partial charge in [-0.2, -0.15) is 10.1 Å². The van der Waals surface area contributed by atoms with E-state index in [2.05, 4.69) is 10.1 Å². The highest BCUT2D eigenvalue weighted by atomic mass is 16.5. The average molecular weight is 356 g/mol. The van der Waals surface area contributed by atoms with Crippen molar-refractivity contribution in [3.8, 4) is 5.88 Å². The Bertz CT molecular complexity index is 1010. The van der Waals surface area contributed by atoms with E-state index in [0.29, 0.717) is 11.3 Å². The minimum atomic E-state index is -0.732. The molecule has 8 nitrogen and oxygen atoms in total. The first-order chi connectivity index (χ1) is 12.4. The molecule has 26 heavy (non-hydrogen) atoms. The highest BCUT2D eigenvalue weighted by Crippen LogP contribution is 2.32. The Morgan fingerprint density at radius 3 is 2.77 bits per heavy atom. The maximum atomic E-state index is 13.0. The van der Waals surface area contributed by atoms with Crippen molar-refractivity contribution in [3.05, 3.63) is 58.3 Å². The Morgan fingerprint density at radius 1 is 1.31 bits per heavy atom. The van der Waals surface area contributed by atoms with Crippen LogP contribution in [0.1, 0.15) is 43.5 Å². The van der Waals surface area contributed by atoms with E-state index in [9.17, 15) is 14.7 Å². The van der Waals surface area contributed by atoms with E-state index in [1.54, 1.807) is 41.3 Å². The molecular weight excluding hydrogens is 336 g/mol. The number of hydrogen-bond donors (Lipinski definition) is 1. The zero-order chi connectivity index (χ0) is 18.8. The number of pyridine rings is 1. The van der Waals surface area contributed by atoms with E-state index in [4.69, 9.17) is 4.74 Å². The molecule has 3 heterocycles. The van der Waals surface area contributed by atoms with Crippen LogP contribution in [0.2, 0.25) is 0 Å². The van der Waals surface area contributed by atoms with Crippen molar-refractivity contribution in [1.82, 2.24) is 19.2 Å². The number of aromatic nitrogens is 4. The second kappa shape index (κ2) is 6.99. The number of ether oxygens (including phenoxy) is 1. The minimum Gasteiger partial charge on any atom is -0.493 e. The molecule has 3 rings (SSSR count). The number of methoxy groups -OCH3 is 1. The van der Waals surface area contributed by atoms with E-state index in [1.807, 2.05) is 13.8 Å². The molecule has 1 N–H and O–H groups in total. The fraction of sp³-hybridized carbons (Fsp3) is 0.333. The monoisotopic (exact) mass is 356 g/mol. The van der Waals surface area contributed by atoms with Crippen molar-refractivity contribution in [2.45, 2.75) is 32.2 Å². The molecule has 0 aliphatic carbocycles. The van der Waals surface area contributed by atoms with Gasteiger partial charge in [-0.25, -0.2) is 0 Å². The second-order valence-electron chi connectivity index (χ2n) is 6.21. The van der Waals surface area contributed by atoms with Gasteiger partial charge >= 0.3 is 5.97 Å². The number of carbonyl (C=O) groups excluding carboxylic acids is 1. The summed E-state index contributed by atoms with van der Waals surface area (Å²) in [4.78, 5) is 29.1. The molecule has 1 atom stereocenters. The molecule has 1 unspecified atom stereocenters. The number of rotatable bonds is 5. The zero-order valence-corrected chi connectivity index (χ0v) is 14.8. The minimum absolute atomic E-state index is 0.0125. The van der Waals surface area contributed by atoms with Gasteiger partial charge in [-0.05, 0) is 32.0 Å². The Kier molecular flexibility index (Phi) is 4.75. The van der Waals surface area contributed by atoms with Gasteiger partial charge in [0.25, 0.3) is 5.56 Å². The molecule has 0 spiro atoms. The van der Waals surface area contributed by atoms with Crippen molar-refractivity contribution < 1.29 is 14.6 Å². The van der Waals surface area contributed by atoms with Gasteiger partial charge < -0.3 is 9.84 Å². The standard InChI is InChI=1S/C18H20N4O4/c1-11(2)22-13(7-8-19-22)12(10-15(23)26-3)16-17(24)20-14-6-4-5-9-21(14)18(16)25/h4-9,11-12,24H,10H2,1-3H3. The summed E-state index contributed by atoms with van der Waals surface area (Å²) in [6, 6.07) is 6.79. The lowest BCUT2D eigenvalue weighted by Crippen LogP contribution is -2.26. The molecule has 0 saturated heterocycles. The molecule has 0 fully saturated rings. The summed E-state index contributed by atoms with van der Waals surface area (Å²) in [5.41, 5.74) is 0.573. The summed E-state index contributed by atoms with van der Waals surface area (Å²) in [6.45, 7) is 3.88. The summed E-state index contributed by atoms with van der Waals surface area (Å²) in [5.74, 6) is -1.63. The van der Waals surface area contributed by atoms with E-state index in [1.165, 1.54) is 11.5 Å². The number of hydrogen-bond acceptors (Lipinski definition) is 6. The maximum absolute atomic E-state index is 13.0. The van der Waals surface area contributed by atoms with E-state index in [-0.39, 0.29) is 18.0 Å². The van der Waals surface area contributed by atoms with E-state index in [0.717, 1.165) is 0 Å². The molecule has 3 aromatic heterocycles. The van der Waals surface area contributed by atoms with Crippen LogP contribution in [0.15, 0.2) is 41.5 Å². The first-order valence-corrected chi connectivity index (χ1v) is 8.24. The largest absolute Gasteiger partial charge is 0.493 e.